The summed E-state index contributed by atoms with van der Waals surface area (Å²) in [5.74, 6) is -1.28. The molecule has 1 aromatic carbocycles. The molecule has 2 amide bonds. The number of hydrogen-bond acceptors (Lipinski definition) is 4. The zero-order chi connectivity index (χ0) is 16.9. The summed E-state index contributed by atoms with van der Waals surface area (Å²) in [5.41, 5.74) is 0.612. The van der Waals surface area contributed by atoms with Gasteiger partial charge in [-0.3, -0.25) is 9.59 Å². The summed E-state index contributed by atoms with van der Waals surface area (Å²) in [5, 5.41) is 5.21. The van der Waals surface area contributed by atoms with Gasteiger partial charge < -0.3 is 15.4 Å². The van der Waals surface area contributed by atoms with Crippen molar-refractivity contribution >= 4 is 29.3 Å². The van der Waals surface area contributed by atoms with E-state index in [9.17, 15) is 9.59 Å². The fourth-order valence-corrected chi connectivity index (χ4v) is 3.22. The van der Waals surface area contributed by atoms with E-state index in [0.29, 0.717) is 12.2 Å². The Balaban J connectivity index is 1.80. The zero-order valence-corrected chi connectivity index (χ0v) is 14.7. The molecule has 0 spiro atoms. The highest BCUT2D eigenvalue weighted by Crippen LogP contribution is 2.32. The van der Waals surface area contributed by atoms with Crippen LogP contribution in [0, 0.1) is 0 Å². The first-order valence-corrected chi connectivity index (χ1v) is 8.65. The van der Waals surface area contributed by atoms with E-state index in [1.807, 2.05) is 12.1 Å². The molecule has 6 heteroatoms. The lowest BCUT2D eigenvalue weighted by molar-refractivity contribution is -0.136. The second-order valence-corrected chi connectivity index (χ2v) is 8.44. The molecule has 5 nitrogen and oxygen atoms in total. The second-order valence-electron chi connectivity index (χ2n) is 6.54. The molecule has 1 fully saturated rings. The summed E-state index contributed by atoms with van der Waals surface area (Å²) >= 11 is 1.75. The summed E-state index contributed by atoms with van der Waals surface area (Å²) in [6.07, 6.45) is 1.96. The maximum absolute atomic E-state index is 11.9. The maximum atomic E-state index is 11.9. The minimum atomic E-state index is -0.653. The second kappa shape index (κ2) is 7.84. The van der Waals surface area contributed by atoms with Crippen molar-refractivity contribution in [1.29, 1.82) is 0 Å². The molecule has 126 valence electrons. The van der Waals surface area contributed by atoms with Crippen LogP contribution >= 0.6 is 11.8 Å². The van der Waals surface area contributed by atoms with Crippen LogP contribution in [0.25, 0.3) is 0 Å². The normalized spacial score (nSPS) is 17.8. The number of amides is 2. The van der Waals surface area contributed by atoms with Crippen LogP contribution in [0.2, 0.25) is 0 Å². The van der Waals surface area contributed by atoms with Gasteiger partial charge in [-0.25, -0.2) is 0 Å². The Bertz CT molecular complexity index is 546. The standard InChI is InChI=1S/C17H24N2O3S/c1-17(2,3)23-14-8-6-12(7-9-14)19-16(21)15(20)18-11-13-5-4-10-22-13/h6-9,13H,4-5,10-11H2,1-3H3,(H,18,20)(H,19,21)/t13-/m1/s1. The average molecular weight is 336 g/mol. The molecule has 0 unspecified atom stereocenters. The first-order valence-electron chi connectivity index (χ1n) is 7.83. The van der Waals surface area contributed by atoms with Crippen molar-refractivity contribution in [3.05, 3.63) is 24.3 Å². The minimum Gasteiger partial charge on any atom is -0.376 e. The third-order valence-electron chi connectivity index (χ3n) is 3.26. The van der Waals surface area contributed by atoms with E-state index in [1.165, 1.54) is 0 Å². The molecule has 0 aliphatic carbocycles. The molecule has 2 rings (SSSR count). The predicted octanol–water partition coefficient (Wildman–Crippen LogP) is 2.81. The van der Waals surface area contributed by atoms with E-state index in [2.05, 4.69) is 31.4 Å². The van der Waals surface area contributed by atoms with E-state index >= 15 is 0 Å². The molecule has 0 bridgehead atoms. The van der Waals surface area contributed by atoms with Gasteiger partial charge in [0.15, 0.2) is 0 Å². The first kappa shape index (κ1) is 17.8. The summed E-state index contributed by atoms with van der Waals surface area (Å²) in [6.45, 7) is 7.54. The molecule has 1 saturated heterocycles. The maximum Gasteiger partial charge on any atom is 0.313 e. The van der Waals surface area contributed by atoms with E-state index in [4.69, 9.17) is 4.74 Å². The molecule has 1 aromatic rings. The van der Waals surface area contributed by atoms with E-state index in [-0.39, 0.29) is 10.9 Å². The van der Waals surface area contributed by atoms with Crippen molar-refractivity contribution in [1.82, 2.24) is 5.32 Å². The number of benzene rings is 1. The number of thioether (sulfide) groups is 1. The van der Waals surface area contributed by atoms with Crippen LogP contribution < -0.4 is 10.6 Å². The fraction of sp³-hybridized carbons (Fsp3) is 0.529. The van der Waals surface area contributed by atoms with Gasteiger partial charge in [0.05, 0.1) is 6.10 Å². The highest BCUT2D eigenvalue weighted by molar-refractivity contribution is 8.00. The van der Waals surface area contributed by atoms with Gasteiger partial charge in [-0.15, -0.1) is 11.8 Å². The largest absolute Gasteiger partial charge is 0.376 e. The predicted molar refractivity (Wildman–Crippen MR) is 92.7 cm³/mol. The Kier molecular flexibility index (Phi) is 6.07. The number of ether oxygens (including phenoxy) is 1. The van der Waals surface area contributed by atoms with Crippen molar-refractivity contribution in [2.24, 2.45) is 0 Å². The van der Waals surface area contributed by atoms with Crippen molar-refractivity contribution in [2.45, 2.75) is 49.4 Å². The highest BCUT2D eigenvalue weighted by atomic mass is 32.2. The third kappa shape index (κ3) is 6.23. The first-order chi connectivity index (χ1) is 10.8. The van der Waals surface area contributed by atoms with E-state index < -0.39 is 11.8 Å². The zero-order valence-electron chi connectivity index (χ0n) is 13.8. The summed E-state index contributed by atoms with van der Waals surface area (Å²) < 4.78 is 5.54. The third-order valence-corrected chi connectivity index (χ3v) is 4.38. The van der Waals surface area contributed by atoms with Crippen LogP contribution in [-0.2, 0) is 14.3 Å². The van der Waals surface area contributed by atoms with Gasteiger partial charge in [0, 0.05) is 28.5 Å². The van der Waals surface area contributed by atoms with Crippen LogP contribution in [0.1, 0.15) is 33.6 Å². The van der Waals surface area contributed by atoms with Crippen LogP contribution in [0.15, 0.2) is 29.2 Å². The Morgan fingerprint density at radius 2 is 1.91 bits per heavy atom. The van der Waals surface area contributed by atoms with Crippen molar-refractivity contribution in [3.63, 3.8) is 0 Å². The number of carbonyl (C=O) groups is 2. The van der Waals surface area contributed by atoms with Crippen molar-refractivity contribution in [3.8, 4) is 0 Å². The molecule has 23 heavy (non-hydrogen) atoms. The minimum absolute atomic E-state index is 0.0282. The molecular weight excluding hydrogens is 312 g/mol. The lowest BCUT2D eigenvalue weighted by Crippen LogP contribution is -2.39. The molecule has 1 aliphatic rings. The molecular formula is C17H24N2O3S. The van der Waals surface area contributed by atoms with Gasteiger partial charge >= 0.3 is 11.8 Å². The fourth-order valence-electron chi connectivity index (χ4n) is 2.24. The van der Waals surface area contributed by atoms with Gasteiger partial charge in [0.1, 0.15) is 0 Å². The van der Waals surface area contributed by atoms with Crippen LogP contribution in [0.3, 0.4) is 0 Å². The molecule has 1 heterocycles. The lowest BCUT2D eigenvalue weighted by atomic mass is 10.2. The molecule has 1 atom stereocenters. The molecule has 0 aromatic heterocycles. The average Bonchev–Trinajstić information content (AvgIpc) is 2.98. The number of nitrogens with one attached hydrogen (secondary N) is 2. The smallest absolute Gasteiger partial charge is 0.313 e. The number of hydrogen-bond donors (Lipinski definition) is 2. The molecule has 0 saturated carbocycles. The van der Waals surface area contributed by atoms with E-state index in [0.717, 1.165) is 24.3 Å². The summed E-state index contributed by atoms with van der Waals surface area (Å²) in [7, 11) is 0. The van der Waals surface area contributed by atoms with Gasteiger partial charge in [0.25, 0.3) is 0 Å². The highest BCUT2D eigenvalue weighted by Gasteiger charge is 2.19. The topological polar surface area (TPSA) is 67.4 Å². The van der Waals surface area contributed by atoms with Gasteiger partial charge in [-0.05, 0) is 37.1 Å². The molecule has 0 radical (unpaired) electrons. The Morgan fingerprint density at radius 3 is 2.48 bits per heavy atom. The van der Waals surface area contributed by atoms with Crippen molar-refractivity contribution in [2.75, 3.05) is 18.5 Å². The number of rotatable bonds is 4. The van der Waals surface area contributed by atoms with Gasteiger partial charge in [-0.1, -0.05) is 20.8 Å². The van der Waals surface area contributed by atoms with Gasteiger partial charge in [-0.2, -0.15) is 0 Å². The monoisotopic (exact) mass is 336 g/mol. The van der Waals surface area contributed by atoms with Crippen LogP contribution in [-0.4, -0.2) is 35.8 Å². The Morgan fingerprint density at radius 1 is 1.22 bits per heavy atom. The van der Waals surface area contributed by atoms with Crippen molar-refractivity contribution < 1.29 is 14.3 Å². The SMILES string of the molecule is CC(C)(C)Sc1ccc(NC(=O)C(=O)NC[C@H]2CCCO2)cc1. The quantitative estimate of drug-likeness (QED) is 0.655. The van der Waals surface area contributed by atoms with Crippen LogP contribution in [0.5, 0.6) is 0 Å². The van der Waals surface area contributed by atoms with Gasteiger partial charge in [0.2, 0.25) is 0 Å². The Hall–Kier alpha value is -1.53. The number of anilines is 1. The summed E-state index contributed by atoms with van der Waals surface area (Å²) in [4.78, 5) is 24.8. The molecule has 2 N–H and O–H groups in total. The van der Waals surface area contributed by atoms with E-state index in [1.54, 1.807) is 23.9 Å². The lowest BCUT2D eigenvalue weighted by Gasteiger charge is -2.17. The Labute approximate surface area is 141 Å². The summed E-state index contributed by atoms with van der Waals surface area (Å²) in [6, 6.07) is 7.49. The molecule has 1 aliphatic heterocycles. The van der Waals surface area contributed by atoms with Crippen LogP contribution in [0.4, 0.5) is 5.69 Å². The number of carbonyl (C=O) groups excluding carboxylic acids is 2.